The van der Waals surface area contributed by atoms with Crippen molar-refractivity contribution in [3.63, 3.8) is 0 Å². The predicted octanol–water partition coefficient (Wildman–Crippen LogP) is 4.55. The lowest BCUT2D eigenvalue weighted by atomic mass is 10.0. The molecule has 1 heterocycles. The number of anilines is 1. The van der Waals surface area contributed by atoms with Crippen LogP contribution in [0.3, 0.4) is 0 Å². The number of amides is 1. The maximum Gasteiger partial charge on any atom is 0.336 e. The number of nitrogens with zero attached hydrogens (tertiary/aromatic N) is 1. The van der Waals surface area contributed by atoms with E-state index in [4.69, 9.17) is 4.42 Å². The van der Waals surface area contributed by atoms with Crippen LogP contribution in [0.1, 0.15) is 36.5 Å². The molecule has 4 rings (SSSR count). The van der Waals surface area contributed by atoms with Gasteiger partial charge in [-0.1, -0.05) is 6.92 Å². The molecule has 8 heteroatoms. The Morgan fingerprint density at radius 2 is 1.84 bits per heavy atom. The topological polar surface area (TPSA) is 62.6 Å². The second kappa shape index (κ2) is 9.16. The first-order chi connectivity index (χ1) is 15.4. The first-order valence-electron chi connectivity index (χ1n) is 10.6. The number of halogens is 3. The Morgan fingerprint density at radius 3 is 2.59 bits per heavy atom. The Bertz CT molecular complexity index is 1240. The number of benzene rings is 2. The van der Waals surface area contributed by atoms with Crippen LogP contribution in [-0.2, 0) is 24.2 Å². The average molecular weight is 444 g/mol. The fourth-order valence-corrected chi connectivity index (χ4v) is 4.21. The van der Waals surface area contributed by atoms with Gasteiger partial charge in [-0.15, -0.1) is 0 Å². The largest absolute Gasteiger partial charge is 0.423 e. The highest BCUT2D eigenvalue weighted by Gasteiger charge is 2.19. The van der Waals surface area contributed by atoms with Gasteiger partial charge in [-0.05, 0) is 73.2 Å². The monoisotopic (exact) mass is 444 g/mol. The van der Waals surface area contributed by atoms with Gasteiger partial charge in [0.05, 0.1) is 12.2 Å². The molecule has 0 atom stereocenters. The second-order valence-corrected chi connectivity index (χ2v) is 8.04. The molecule has 0 saturated carbocycles. The van der Waals surface area contributed by atoms with Gasteiger partial charge in [0, 0.05) is 18.0 Å². The molecule has 2 aromatic carbocycles. The molecule has 32 heavy (non-hydrogen) atoms. The molecule has 5 nitrogen and oxygen atoms in total. The Balaban J connectivity index is 1.56. The van der Waals surface area contributed by atoms with Gasteiger partial charge < -0.3 is 9.73 Å². The smallest absolute Gasteiger partial charge is 0.336 e. The van der Waals surface area contributed by atoms with Crippen molar-refractivity contribution in [1.29, 1.82) is 0 Å². The summed E-state index contributed by atoms with van der Waals surface area (Å²) in [6, 6.07) is 7.14. The van der Waals surface area contributed by atoms with E-state index in [2.05, 4.69) is 11.4 Å². The molecular formula is C24H23F3N2O3. The lowest BCUT2D eigenvalue weighted by molar-refractivity contribution is -0.117. The Kier molecular flexibility index (Phi) is 6.32. The van der Waals surface area contributed by atoms with Crippen LogP contribution in [0.25, 0.3) is 11.0 Å². The molecule has 1 aliphatic carbocycles. The normalized spacial score (nSPS) is 13.0. The third-order valence-electron chi connectivity index (χ3n) is 5.65. The van der Waals surface area contributed by atoms with Gasteiger partial charge in [0.1, 0.15) is 5.58 Å². The molecule has 1 aromatic heterocycles. The van der Waals surface area contributed by atoms with Crippen molar-refractivity contribution in [1.82, 2.24) is 4.90 Å². The first-order valence-corrected chi connectivity index (χ1v) is 10.6. The first kappa shape index (κ1) is 22.1. The van der Waals surface area contributed by atoms with Gasteiger partial charge in [0.2, 0.25) is 5.91 Å². The number of fused-ring (bicyclic) bond motifs is 2. The third kappa shape index (κ3) is 4.55. The van der Waals surface area contributed by atoms with Crippen LogP contribution in [0.2, 0.25) is 0 Å². The van der Waals surface area contributed by atoms with Crippen molar-refractivity contribution >= 4 is 22.6 Å². The molecule has 0 saturated heterocycles. The molecule has 3 aromatic rings. The van der Waals surface area contributed by atoms with Crippen molar-refractivity contribution in [3.8, 4) is 0 Å². The minimum Gasteiger partial charge on any atom is -0.423 e. The van der Waals surface area contributed by atoms with E-state index >= 15 is 0 Å². The minimum atomic E-state index is -1.64. The van der Waals surface area contributed by atoms with Crippen LogP contribution in [0, 0.1) is 17.5 Å². The van der Waals surface area contributed by atoms with E-state index in [-0.39, 0.29) is 6.54 Å². The zero-order valence-electron chi connectivity index (χ0n) is 17.6. The highest BCUT2D eigenvalue weighted by Crippen LogP contribution is 2.29. The standard InChI is InChI=1S/C24H23F3N2O3/c1-2-8-29(13-21(30)28-19-7-6-18(25)23(26)24(19)27)12-16-11-22(31)32-20-10-15-5-3-4-14(15)9-17(16)20/h6-7,9-11H,2-5,8,12-13H2,1H3,(H,28,30). The van der Waals surface area contributed by atoms with Crippen LogP contribution in [0.15, 0.2) is 39.5 Å². The quantitative estimate of drug-likeness (QED) is 0.429. The van der Waals surface area contributed by atoms with Crippen LogP contribution in [0.4, 0.5) is 18.9 Å². The fraction of sp³-hybridized carbons (Fsp3) is 0.333. The molecule has 0 radical (unpaired) electrons. The number of aryl methyl sites for hydroxylation is 2. The lowest BCUT2D eigenvalue weighted by Gasteiger charge is -2.22. The van der Waals surface area contributed by atoms with Gasteiger partial charge in [0.25, 0.3) is 0 Å². The molecule has 168 valence electrons. The summed E-state index contributed by atoms with van der Waals surface area (Å²) >= 11 is 0. The van der Waals surface area contributed by atoms with Crippen LogP contribution >= 0.6 is 0 Å². The van der Waals surface area contributed by atoms with Gasteiger partial charge in [-0.25, -0.2) is 18.0 Å². The molecule has 0 spiro atoms. The summed E-state index contributed by atoms with van der Waals surface area (Å²) in [4.78, 5) is 26.5. The average Bonchev–Trinajstić information content (AvgIpc) is 3.20. The Labute approximate surface area is 182 Å². The molecule has 0 bridgehead atoms. The molecule has 0 aliphatic heterocycles. The predicted molar refractivity (Wildman–Crippen MR) is 115 cm³/mol. The molecule has 1 aliphatic rings. The van der Waals surface area contributed by atoms with Crippen LogP contribution in [-0.4, -0.2) is 23.9 Å². The van der Waals surface area contributed by atoms with Crippen molar-refractivity contribution in [3.05, 3.63) is 74.9 Å². The van der Waals surface area contributed by atoms with E-state index in [1.54, 1.807) is 0 Å². The molecule has 0 unspecified atom stereocenters. The number of hydrogen-bond acceptors (Lipinski definition) is 4. The van der Waals surface area contributed by atoms with Crippen molar-refractivity contribution in [2.75, 3.05) is 18.4 Å². The summed E-state index contributed by atoms with van der Waals surface area (Å²) in [5.41, 5.74) is 2.81. The van der Waals surface area contributed by atoms with E-state index in [1.165, 1.54) is 17.2 Å². The maximum atomic E-state index is 13.9. The van der Waals surface area contributed by atoms with Gasteiger partial charge in [-0.2, -0.15) is 0 Å². The van der Waals surface area contributed by atoms with Gasteiger partial charge >= 0.3 is 5.63 Å². The van der Waals surface area contributed by atoms with E-state index < -0.39 is 34.7 Å². The van der Waals surface area contributed by atoms with Gasteiger partial charge in [-0.3, -0.25) is 9.69 Å². The zero-order valence-corrected chi connectivity index (χ0v) is 17.6. The van der Waals surface area contributed by atoms with E-state index in [9.17, 15) is 22.8 Å². The fourth-order valence-electron chi connectivity index (χ4n) is 4.21. The number of rotatable bonds is 7. The summed E-state index contributed by atoms with van der Waals surface area (Å²) in [6.45, 7) is 2.69. The Hall–Kier alpha value is -3.13. The van der Waals surface area contributed by atoms with E-state index in [0.29, 0.717) is 18.7 Å². The molecular weight excluding hydrogens is 421 g/mol. The third-order valence-corrected chi connectivity index (χ3v) is 5.65. The maximum absolute atomic E-state index is 13.9. The second-order valence-electron chi connectivity index (χ2n) is 8.04. The summed E-state index contributed by atoms with van der Waals surface area (Å²) in [5.74, 6) is -4.98. The number of carbonyl (C=O) groups is 1. The molecule has 1 N–H and O–H groups in total. The van der Waals surface area contributed by atoms with Crippen molar-refractivity contribution < 1.29 is 22.4 Å². The van der Waals surface area contributed by atoms with Crippen LogP contribution in [0.5, 0.6) is 0 Å². The van der Waals surface area contributed by atoms with Crippen LogP contribution < -0.4 is 10.9 Å². The van der Waals surface area contributed by atoms with Gasteiger partial charge in [0.15, 0.2) is 17.5 Å². The Morgan fingerprint density at radius 1 is 1.09 bits per heavy atom. The summed E-state index contributed by atoms with van der Waals surface area (Å²) in [6.07, 6.45) is 3.74. The zero-order chi connectivity index (χ0) is 22.8. The number of hydrogen-bond donors (Lipinski definition) is 1. The minimum absolute atomic E-state index is 0.112. The number of nitrogens with one attached hydrogen (secondary N) is 1. The summed E-state index contributed by atoms with van der Waals surface area (Å²) in [5, 5.41) is 3.12. The van der Waals surface area contributed by atoms with Crippen molar-refractivity contribution in [2.24, 2.45) is 0 Å². The molecule has 0 fully saturated rings. The highest BCUT2D eigenvalue weighted by atomic mass is 19.2. The van der Waals surface area contributed by atoms with E-state index in [1.807, 2.05) is 17.9 Å². The summed E-state index contributed by atoms with van der Waals surface area (Å²) < 4.78 is 45.9. The summed E-state index contributed by atoms with van der Waals surface area (Å²) in [7, 11) is 0. The van der Waals surface area contributed by atoms with E-state index in [0.717, 1.165) is 48.8 Å². The number of carbonyl (C=O) groups excluding carboxylic acids is 1. The van der Waals surface area contributed by atoms with Crippen molar-refractivity contribution in [2.45, 2.75) is 39.2 Å². The lowest BCUT2D eigenvalue weighted by Crippen LogP contribution is -2.34. The highest BCUT2D eigenvalue weighted by molar-refractivity contribution is 5.92. The SMILES string of the molecule is CCCN(CC(=O)Nc1ccc(F)c(F)c1F)Cc1cc(=O)oc2cc3c(cc12)CCC3. The molecule has 1 amide bonds.